The first-order valence-electron chi connectivity index (χ1n) is 9.67. The average Bonchev–Trinajstić information content (AvgIpc) is 3.31. The number of aromatic nitrogens is 2. The summed E-state index contributed by atoms with van der Waals surface area (Å²) in [6.45, 7) is 8.59. The molecule has 4 rings (SSSR count). The molecule has 0 amide bonds. The minimum Gasteiger partial charge on any atom is -0.377 e. The summed E-state index contributed by atoms with van der Waals surface area (Å²) in [7, 11) is 0. The van der Waals surface area contributed by atoms with Gasteiger partial charge in [0.1, 0.15) is 5.82 Å². The van der Waals surface area contributed by atoms with E-state index in [-0.39, 0.29) is 0 Å². The SMILES string of the molecule is C1=C(c2cn(CCN3CCCC3)c(C3CCNCC3)n2)CCOC1. The number of ether oxygens (including phenoxy) is 1. The average molecular weight is 330 g/mol. The van der Waals surface area contributed by atoms with Crippen molar-refractivity contribution in [2.24, 2.45) is 0 Å². The van der Waals surface area contributed by atoms with Gasteiger partial charge in [-0.2, -0.15) is 0 Å². The molecule has 0 aliphatic carbocycles. The summed E-state index contributed by atoms with van der Waals surface area (Å²) >= 11 is 0. The van der Waals surface area contributed by atoms with Crippen LogP contribution in [0.25, 0.3) is 5.57 Å². The molecule has 0 spiro atoms. The molecular weight excluding hydrogens is 300 g/mol. The number of nitrogens with zero attached hydrogens (tertiary/aromatic N) is 3. The predicted molar refractivity (Wildman–Crippen MR) is 96.2 cm³/mol. The molecule has 1 aromatic heterocycles. The lowest BCUT2D eigenvalue weighted by molar-refractivity contribution is 0.161. The van der Waals surface area contributed by atoms with E-state index in [9.17, 15) is 0 Å². The van der Waals surface area contributed by atoms with Gasteiger partial charge in [0.25, 0.3) is 0 Å². The van der Waals surface area contributed by atoms with Gasteiger partial charge in [-0.15, -0.1) is 0 Å². The lowest BCUT2D eigenvalue weighted by Gasteiger charge is -2.24. The van der Waals surface area contributed by atoms with E-state index in [1.165, 1.54) is 55.9 Å². The van der Waals surface area contributed by atoms with Gasteiger partial charge in [0.05, 0.1) is 18.9 Å². The fraction of sp³-hybridized carbons (Fsp3) is 0.737. The standard InChI is InChI=1S/C19H30N4O/c1-2-10-22(9-1)11-12-23-15-18(16-5-13-24-14-6-16)21-19(23)17-3-7-20-8-4-17/h5,15,17,20H,1-4,6-14H2. The lowest BCUT2D eigenvalue weighted by atomic mass is 9.97. The Kier molecular flexibility index (Phi) is 5.30. The Morgan fingerprint density at radius 1 is 1.17 bits per heavy atom. The van der Waals surface area contributed by atoms with Crippen molar-refractivity contribution in [1.29, 1.82) is 0 Å². The Balaban J connectivity index is 1.53. The minimum atomic E-state index is 0.610. The van der Waals surface area contributed by atoms with Gasteiger partial charge < -0.3 is 19.5 Å². The lowest BCUT2D eigenvalue weighted by Crippen LogP contribution is -2.29. The van der Waals surface area contributed by atoms with E-state index in [1.807, 2.05) is 0 Å². The molecule has 24 heavy (non-hydrogen) atoms. The van der Waals surface area contributed by atoms with E-state index in [4.69, 9.17) is 9.72 Å². The first-order valence-corrected chi connectivity index (χ1v) is 9.67. The Bertz CT molecular complexity index is 568. The third-order valence-electron chi connectivity index (χ3n) is 5.66. The fourth-order valence-corrected chi connectivity index (χ4v) is 4.19. The number of piperidine rings is 1. The molecule has 0 unspecified atom stereocenters. The maximum atomic E-state index is 5.46. The van der Waals surface area contributed by atoms with Gasteiger partial charge in [0.15, 0.2) is 0 Å². The summed E-state index contributed by atoms with van der Waals surface area (Å²) in [6, 6.07) is 0. The summed E-state index contributed by atoms with van der Waals surface area (Å²) in [5, 5.41) is 3.48. The zero-order valence-electron chi connectivity index (χ0n) is 14.7. The van der Waals surface area contributed by atoms with Crippen LogP contribution < -0.4 is 5.32 Å². The van der Waals surface area contributed by atoms with Crippen LogP contribution in [0.3, 0.4) is 0 Å². The van der Waals surface area contributed by atoms with Crippen molar-refractivity contribution >= 4 is 5.57 Å². The van der Waals surface area contributed by atoms with Gasteiger partial charge in [0, 0.05) is 25.2 Å². The molecule has 0 bridgehead atoms. The van der Waals surface area contributed by atoms with Gasteiger partial charge in [-0.05, 0) is 63.9 Å². The van der Waals surface area contributed by atoms with E-state index in [0.717, 1.165) is 45.8 Å². The van der Waals surface area contributed by atoms with E-state index >= 15 is 0 Å². The molecule has 132 valence electrons. The second kappa shape index (κ2) is 7.81. The largest absolute Gasteiger partial charge is 0.377 e. The predicted octanol–water partition coefficient (Wildman–Crippen LogP) is 2.25. The summed E-state index contributed by atoms with van der Waals surface area (Å²) in [4.78, 5) is 7.69. The topological polar surface area (TPSA) is 42.3 Å². The Morgan fingerprint density at radius 2 is 2.00 bits per heavy atom. The van der Waals surface area contributed by atoms with Gasteiger partial charge in [-0.25, -0.2) is 4.98 Å². The summed E-state index contributed by atoms with van der Waals surface area (Å²) in [6.07, 6.45) is 10.7. The number of likely N-dealkylation sites (tertiary alicyclic amines) is 1. The van der Waals surface area contributed by atoms with Crippen molar-refractivity contribution in [3.63, 3.8) is 0 Å². The minimum absolute atomic E-state index is 0.610. The molecule has 0 saturated carbocycles. The maximum absolute atomic E-state index is 5.46. The summed E-state index contributed by atoms with van der Waals surface area (Å²) in [5.74, 6) is 1.93. The highest BCUT2D eigenvalue weighted by Crippen LogP contribution is 2.28. The normalized spacial score (nSPS) is 23.6. The van der Waals surface area contributed by atoms with Crippen LogP contribution in [0.5, 0.6) is 0 Å². The van der Waals surface area contributed by atoms with Crippen LogP contribution in [0.1, 0.15) is 49.5 Å². The van der Waals surface area contributed by atoms with Crippen molar-refractivity contribution in [2.75, 3.05) is 45.9 Å². The highest BCUT2D eigenvalue weighted by Gasteiger charge is 2.23. The maximum Gasteiger partial charge on any atom is 0.112 e. The van der Waals surface area contributed by atoms with Crippen LogP contribution >= 0.6 is 0 Å². The quantitative estimate of drug-likeness (QED) is 0.899. The second-order valence-electron chi connectivity index (χ2n) is 7.31. The van der Waals surface area contributed by atoms with Gasteiger partial charge in [-0.1, -0.05) is 6.08 Å². The summed E-state index contributed by atoms with van der Waals surface area (Å²) < 4.78 is 7.92. The number of hydrogen-bond acceptors (Lipinski definition) is 4. The highest BCUT2D eigenvalue weighted by atomic mass is 16.5. The van der Waals surface area contributed by atoms with E-state index in [0.29, 0.717) is 5.92 Å². The Labute approximate surface area is 145 Å². The molecule has 2 saturated heterocycles. The van der Waals surface area contributed by atoms with Crippen LogP contribution in [-0.2, 0) is 11.3 Å². The van der Waals surface area contributed by atoms with E-state index < -0.39 is 0 Å². The third-order valence-corrected chi connectivity index (χ3v) is 5.66. The van der Waals surface area contributed by atoms with Crippen molar-refractivity contribution in [1.82, 2.24) is 19.8 Å². The molecule has 3 aliphatic heterocycles. The molecule has 0 aromatic carbocycles. The first-order chi connectivity index (χ1) is 11.9. The van der Waals surface area contributed by atoms with E-state index in [2.05, 4.69) is 27.1 Å². The highest BCUT2D eigenvalue weighted by molar-refractivity contribution is 5.63. The first kappa shape index (κ1) is 16.3. The third kappa shape index (κ3) is 3.73. The molecule has 0 radical (unpaired) electrons. The van der Waals surface area contributed by atoms with Gasteiger partial charge in [-0.3, -0.25) is 0 Å². The van der Waals surface area contributed by atoms with Crippen LogP contribution in [0.4, 0.5) is 0 Å². The van der Waals surface area contributed by atoms with Gasteiger partial charge in [0.2, 0.25) is 0 Å². The Hall–Kier alpha value is -1.17. The molecule has 5 nitrogen and oxygen atoms in total. The molecule has 1 aromatic rings. The van der Waals surface area contributed by atoms with Gasteiger partial charge >= 0.3 is 0 Å². The van der Waals surface area contributed by atoms with Crippen molar-refractivity contribution in [3.05, 3.63) is 23.8 Å². The Morgan fingerprint density at radius 3 is 2.75 bits per heavy atom. The molecule has 1 N–H and O–H groups in total. The molecule has 5 heteroatoms. The molecule has 4 heterocycles. The van der Waals surface area contributed by atoms with Crippen LogP contribution in [-0.4, -0.2) is 60.4 Å². The zero-order valence-corrected chi connectivity index (χ0v) is 14.7. The summed E-state index contributed by atoms with van der Waals surface area (Å²) in [5.41, 5.74) is 2.56. The smallest absolute Gasteiger partial charge is 0.112 e. The molecule has 2 fully saturated rings. The fourth-order valence-electron chi connectivity index (χ4n) is 4.19. The number of imidazole rings is 1. The van der Waals surface area contributed by atoms with E-state index in [1.54, 1.807) is 0 Å². The number of hydrogen-bond donors (Lipinski definition) is 1. The van der Waals surface area contributed by atoms with Crippen LogP contribution in [0.15, 0.2) is 12.3 Å². The van der Waals surface area contributed by atoms with Crippen LogP contribution in [0, 0.1) is 0 Å². The van der Waals surface area contributed by atoms with Crippen molar-refractivity contribution in [3.8, 4) is 0 Å². The molecule has 3 aliphatic rings. The number of nitrogens with one attached hydrogen (secondary N) is 1. The van der Waals surface area contributed by atoms with Crippen molar-refractivity contribution in [2.45, 2.75) is 44.6 Å². The molecular formula is C19H30N4O. The number of rotatable bonds is 5. The monoisotopic (exact) mass is 330 g/mol. The molecule has 0 atom stereocenters. The second-order valence-corrected chi connectivity index (χ2v) is 7.31. The van der Waals surface area contributed by atoms with Crippen LogP contribution in [0.2, 0.25) is 0 Å². The van der Waals surface area contributed by atoms with Crippen molar-refractivity contribution < 1.29 is 4.74 Å². The zero-order chi connectivity index (χ0) is 16.2.